The molecule has 1 saturated carbocycles. The molecule has 1 amide bonds. The van der Waals surface area contributed by atoms with Crippen LogP contribution in [0.4, 0.5) is 0 Å². The molecule has 3 fully saturated rings. The predicted octanol–water partition coefficient (Wildman–Crippen LogP) is 1.82. The minimum absolute atomic E-state index is 0.123. The topological polar surface area (TPSA) is 54.9 Å². The number of thiazole rings is 1. The lowest BCUT2D eigenvalue weighted by atomic mass is 9.77. The fraction of sp³-hybridized carbons (Fsp3) is 0.778. The highest BCUT2D eigenvalue weighted by molar-refractivity contribution is 7.09. The number of carbonyl (C=O) groups is 1. The molecule has 2 atom stereocenters. The van der Waals surface area contributed by atoms with Gasteiger partial charge in [0, 0.05) is 38.7 Å². The van der Waals surface area contributed by atoms with Gasteiger partial charge in [0.05, 0.1) is 41.5 Å². The van der Waals surface area contributed by atoms with Crippen LogP contribution in [-0.2, 0) is 20.8 Å². The first-order valence-electron chi connectivity index (χ1n) is 9.18. The molecular formula is C18H27N3O3S. The van der Waals surface area contributed by atoms with Crippen LogP contribution in [0.25, 0.3) is 0 Å². The van der Waals surface area contributed by atoms with Crippen LogP contribution in [0.2, 0.25) is 0 Å². The summed E-state index contributed by atoms with van der Waals surface area (Å²) in [5.41, 5.74) is 0.921. The molecule has 4 rings (SSSR count). The van der Waals surface area contributed by atoms with Crippen molar-refractivity contribution >= 4 is 17.2 Å². The van der Waals surface area contributed by atoms with Crippen LogP contribution >= 0.6 is 11.3 Å². The number of likely N-dealkylation sites (tertiary alicyclic amines) is 1. The molecule has 0 spiro atoms. The Morgan fingerprint density at radius 2 is 2.32 bits per heavy atom. The minimum atomic E-state index is -0.205. The summed E-state index contributed by atoms with van der Waals surface area (Å²) in [5, 5.41) is 3.24. The first kappa shape index (κ1) is 17.4. The Hall–Kier alpha value is -1.02. The molecule has 3 heterocycles. The SMILES string of the molecule is COC1(CC(=O)N2C[C@@H]3OCCN(Cc4csc(C)n4)[C@@H]3C2)CCC1. The monoisotopic (exact) mass is 365 g/mol. The number of ether oxygens (including phenoxy) is 2. The summed E-state index contributed by atoms with van der Waals surface area (Å²) in [7, 11) is 1.73. The van der Waals surface area contributed by atoms with Gasteiger partial charge >= 0.3 is 0 Å². The standard InChI is InChI=1S/C18H27N3O3S/c1-13-19-14(12-25-13)9-20-6-7-24-16-11-21(10-15(16)20)17(22)8-18(23-2)4-3-5-18/h12,15-16H,3-11H2,1-2H3/t15-,16+/m1/s1. The molecule has 0 radical (unpaired) electrons. The Bertz CT molecular complexity index is 625. The van der Waals surface area contributed by atoms with E-state index in [0.717, 1.165) is 56.2 Å². The summed E-state index contributed by atoms with van der Waals surface area (Å²) in [6.07, 6.45) is 3.80. The van der Waals surface area contributed by atoms with E-state index in [1.165, 1.54) is 0 Å². The third kappa shape index (κ3) is 3.47. The maximum Gasteiger partial charge on any atom is 0.225 e. The molecule has 2 aliphatic heterocycles. The van der Waals surface area contributed by atoms with Gasteiger partial charge in [-0.05, 0) is 26.2 Å². The van der Waals surface area contributed by atoms with Crippen molar-refractivity contribution in [3.63, 3.8) is 0 Å². The maximum atomic E-state index is 12.8. The molecule has 1 aromatic rings. The Labute approximate surface area is 153 Å². The highest BCUT2D eigenvalue weighted by Crippen LogP contribution is 2.39. The van der Waals surface area contributed by atoms with Crippen LogP contribution in [0, 0.1) is 6.92 Å². The van der Waals surface area contributed by atoms with Crippen LogP contribution in [-0.4, -0.2) is 71.8 Å². The smallest absolute Gasteiger partial charge is 0.225 e. The molecule has 0 N–H and O–H groups in total. The fourth-order valence-electron chi connectivity index (χ4n) is 4.26. The summed E-state index contributed by atoms with van der Waals surface area (Å²) in [6.45, 7) is 5.98. The Morgan fingerprint density at radius 3 is 2.96 bits per heavy atom. The number of amides is 1. The summed E-state index contributed by atoms with van der Waals surface area (Å²) >= 11 is 1.69. The van der Waals surface area contributed by atoms with Crippen molar-refractivity contribution < 1.29 is 14.3 Å². The molecule has 0 aromatic carbocycles. The molecule has 1 aliphatic carbocycles. The zero-order chi connectivity index (χ0) is 17.4. The molecule has 3 aliphatic rings. The first-order chi connectivity index (χ1) is 12.1. The molecule has 138 valence electrons. The zero-order valence-electron chi connectivity index (χ0n) is 15.1. The van der Waals surface area contributed by atoms with Crippen LogP contribution in [0.3, 0.4) is 0 Å². The van der Waals surface area contributed by atoms with Gasteiger partial charge in [-0.1, -0.05) is 0 Å². The third-order valence-corrected chi connectivity index (χ3v) is 6.79. The molecule has 6 nitrogen and oxygen atoms in total. The lowest BCUT2D eigenvalue weighted by Gasteiger charge is -2.40. The van der Waals surface area contributed by atoms with Crippen molar-refractivity contribution in [3.05, 3.63) is 16.1 Å². The average Bonchev–Trinajstić information content (AvgIpc) is 3.17. The van der Waals surface area contributed by atoms with E-state index in [0.29, 0.717) is 13.0 Å². The van der Waals surface area contributed by atoms with Crippen molar-refractivity contribution in [3.8, 4) is 0 Å². The second-order valence-electron chi connectivity index (χ2n) is 7.52. The van der Waals surface area contributed by atoms with Crippen molar-refractivity contribution in [1.29, 1.82) is 0 Å². The number of methoxy groups -OCH3 is 1. The van der Waals surface area contributed by atoms with E-state index in [2.05, 4.69) is 15.3 Å². The van der Waals surface area contributed by atoms with Gasteiger partial charge in [0.2, 0.25) is 5.91 Å². The van der Waals surface area contributed by atoms with E-state index in [4.69, 9.17) is 9.47 Å². The predicted molar refractivity (Wildman–Crippen MR) is 95.6 cm³/mol. The van der Waals surface area contributed by atoms with Crippen molar-refractivity contribution in [2.45, 2.75) is 56.9 Å². The van der Waals surface area contributed by atoms with E-state index in [9.17, 15) is 4.79 Å². The summed E-state index contributed by atoms with van der Waals surface area (Å²) in [6, 6.07) is 0.277. The summed E-state index contributed by atoms with van der Waals surface area (Å²) < 4.78 is 11.6. The molecular weight excluding hydrogens is 338 g/mol. The van der Waals surface area contributed by atoms with E-state index >= 15 is 0 Å². The third-order valence-electron chi connectivity index (χ3n) is 5.97. The largest absolute Gasteiger partial charge is 0.378 e. The highest BCUT2D eigenvalue weighted by Gasteiger charge is 2.45. The minimum Gasteiger partial charge on any atom is -0.378 e. The Morgan fingerprint density at radius 1 is 1.48 bits per heavy atom. The second kappa shape index (κ2) is 6.95. The molecule has 0 unspecified atom stereocenters. The summed E-state index contributed by atoms with van der Waals surface area (Å²) in [4.78, 5) is 21.8. The zero-order valence-corrected chi connectivity index (χ0v) is 15.9. The number of rotatable bonds is 5. The second-order valence-corrected chi connectivity index (χ2v) is 8.58. The first-order valence-corrected chi connectivity index (χ1v) is 10.1. The molecule has 2 saturated heterocycles. The van der Waals surface area contributed by atoms with Crippen molar-refractivity contribution in [1.82, 2.24) is 14.8 Å². The van der Waals surface area contributed by atoms with E-state index in [1.807, 2.05) is 11.8 Å². The Balaban J connectivity index is 1.39. The molecule has 1 aromatic heterocycles. The van der Waals surface area contributed by atoms with Gasteiger partial charge in [0.15, 0.2) is 0 Å². The van der Waals surface area contributed by atoms with Gasteiger partial charge in [-0.2, -0.15) is 0 Å². The van der Waals surface area contributed by atoms with Crippen LogP contribution < -0.4 is 0 Å². The van der Waals surface area contributed by atoms with Gasteiger partial charge in [-0.3, -0.25) is 9.69 Å². The number of hydrogen-bond donors (Lipinski definition) is 0. The average molecular weight is 365 g/mol. The van der Waals surface area contributed by atoms with Gasteiger partial charge in [0.25, 0.3) is 0 Å². The maximum absolute atomic E-state index is 12.8. The lowest BCUT2D eigenvalue weighted by molar-refractivity contribution is -0.143. The molecule has 0 bridgehead atoms. The number of hydrogen-bond acceptors (Lipinski definition) is 6. The lowest BCUT2D eigenvalue weighted by Crippen LogP contribution is -2.50. The van der Waals surface area contributed by atoms with E-state index in [-0.39, 0.29) is 23.7 Å². The van der Waals surface area contributed by atoms with Crippen LogP contribution in [0.5, 0.6) is 0 Å². The number of fused-ring (bicyclic) bond motifs is 1. The number of aryl methyl sites for hydroxylation is 1. The van der Waals surface area contributed by atoms with Crippen molar-refractivity contribution in [2.75, 3.05) is 33.4 Å². The number of carbonyl (C=O) groups excluding carboxylic acids is 1. The summed E-state index contributed by atoms with van der Waals surface area (Å²) in [5.74, 6) is 0.212. The highest BCUT2D eigenvalue weighted by atomic mass is 32.1. The van der Waals surface area contributed by atoms with E-state index < -0.39 is 0 Å². The van der Waals surface area contributed by atoms with Crippen LogP contribution in [0.1, 0.15) is 36.4 Å². The molecule has 7 heteroatoms. The van der Waals surface area contributed by atoms with Gasteiger partial charge < -0.3 is 14.4 Å². The van der Waals surface area contributed by atoms with Gasteiger partial charge in [-0.25, -0.2) is 4.98 Å². The quantitative estimate of drug-likeness (QED) is 0.797. The number of aromatic nitrogens is 1. The van der Waals surface area contributed by atoms with Crippen molar-refractivity contribution in [2.24, 2.45) is 0 Å². The molecule has 25 heavy (non-hydrogen) atoms. The van der Waals surface area contributed by atoms with Gasteiger partial charge in [0.1, 0.15) is 0 Å². The van der Waals surface area contributed by atoms with Gasteiger partial charge in [-0.15, -0.1) is 11.3 Å². The Kier molecular flexibility index (Phi) is 4.83. The van der Waals surface area contributed by atoms with Crippen LogP contribution in [0.15, 0.2) is 5.38 Å². The normalized spacial score (nSPS) is 28.6. The number of morpholine rings is 1. The van der Waals surface area contributed by atoms with E-state index in [1.54, 1.807) is 18.4 Å². The number of nitrogens with zero attached hydrogens (tertiary/aromatic N) is 3. The fourth-order valence-corrected chi connectivity index (χ4v) is 4.86.